The molecule has 1 aromatic heterocycles. The highest BCUT2D eigenvalue weighted by molar-refractivity contribution is 5.91. The predicted molar refractivity (Wildman–Crippen MR) is 85.2 cm³/mol. The van der Waals surface area contributed by atoms with E-state index in [1.807, 2.05) is 18.2 Å². The van der Waals surface area contributed by atoms with E-state index in [1.165, 1.54) is 38.8 Å². The number of nitrogen functional groups attached to an aromatic ring is 1. The first kappa shape index (κ1) is 12.8. The highest BCUT2D eigenvalue weighted by Gasteiger charge is 2.35. The summed E-state index contributed by atoms with van der Waals surface area (Å²) in [5.74, 6) is 0.921. The van der Waals surface area contributed by atoms with Crippen LogP contribution >= 0.6 is 0 Å². The monoisotopic (exact) mass is 283 g/mol. The van der Waals surface area contributed by atoms with Crippen LogP contribution in [0.5, 0.6) is 0 Å². The quantitative estimate of drug-likeness (QED) is 0.827. The summed E-state index contributed by atoms with van der Waals surface area (Å²) in [7, 11) is 0. The molecule has 21 heavy (non-hydrogen) atoms. The van der Waals surface area contributed by atoms with Crippen molar-refractivity contribution in [1.29, 1.82) is 0 Å². The number of benzene rings is 1. The van der Waals surface area contributed by atoms with Gasteiger partial charge in [0.2, 0.25) is 0 Å². The second-order valence-electron chi connectivity index (χ2n) is 6.14. The fraction of sp³-hybridized carbons (Fsp3) is 0.500. The maximum absolute atomic E-state index is 5.92. The van der Waals surface area contributed by atoms with Crippen LogP contribution in [-0.4, -0.2) is 40.0 Å². The Hall–Kier alpha value is -1.88. The van der Waals surface area contributed by atoms with E-state index in [2.05, 4.69) is 20.2 Å². The van der Waals surface area contributed by atoms with Crippen molar-refractivity contribution in [1.82, 2.24) is 14.9 Å². The number of nitrogens with zero attached hydrogens (tertiary/aromatic N) is 3. The van der Waals surface area contributed by atoms with Crippen LogP contribution in [0.4, 0.5) is 11.5 Å². The van der Waals surface area contributed by atoms with Crippen LogP contribution in [0.3, 0.4) is 0 Å². The van der Waals surface area contributed by atoms with Crippen LogP contribution in [-0.2, 0) is 0 Å². The summed E-state index contributed by atoms with van der Waals surface area (Å²) >= 11 is 0. The van der Waals surface area contributed by atoms with Crippen LogP contribution in [0.1, 0.15) is 25.7 Å². The van der Waals surface area contributed by atoms with Gasteiger partial charge in [0.1, 0.15) is 12.1 Å². The van der Waals surface area contributed by atoms with Gasteiger partial charge < -0.3 is 11.1 Å². The van der Waals surface area contributed by atoms with Gasteiger partial charge >= 0.3 is 0 Å². The lowest BCUT2D eigenvalue weighted by Gasteiger charge is -2.32. The minimum atomic E-state index is 0.491. The topological polar surface area (TPSA) is 67.1 Å². The largest absolute Gasteiger partial charge is 0.399 e. The smallest absolute Gasteiger partial charge is 0.137 e. The van der Waals surface area contributed by atoms with Crippen molar-refractivity contribution in [2.24, 2.45) is 0 Å². The van der Waals surface area contributed by atoms with Crippen LogP contribution in [0.2, 0.25) is 0 Å². The van der Waals surface area contributed by atoms with Gasteiger partial charge in [-0.1, -0.05) is 6.42 Å². The third kappa shape index (κ3) is 2.31. The zero-order valence-corrected chi connectivity index (χ0v) is 12.1. The van der Waals surface area contributed by atoms with Crippen molar-refractivity contribution in [3.05, 3.63) is 24.5 Å². The van der Waals surface area contributed by atoms with Gasteiger partial charge in [0, 0.05) is 29.7 Å². The second-order valence-corrected chi connectivity index (χ2v) is 6.14. The number of hydrogen-bond donors (Lipinski definition) is 2. The van der Waals surface area contributed by atoms with E-state index in [-0.39, 0.29) is 0 Å². The summed E-state index contributed by atoms with van der Waals surface area (Å²) in [6.07, 6.45) is 6.81. The van der Waals surface area contributed by atoms with E-state index in [9.17, 15) is 0 Å². The number of rotatable bonds is 2. The van der Waals surface area contributed by atoms with Crippen LogP contribution in [0.15, 0.2) is 24.5 Å². The summed E-state index contributed by atoms with van der Waals surface area (Å²) in [5.41, 5.74) is 7.62. The summed E-state index contributed by atoms with van der Waals surface area (Å²) in [6, 6.07) is 6.96. The molecule has 0 amide bonds. The van der Waals surface area contributed by atoms with Crippen molar-refractivity contribution in [3.63, 3.8) is 0 Å². The Labute approximate surface area is 124 Å². The zero-order chi connectivity index (χ0) is 14.2. The molecule has 0 aliphatic carbocycles. The number of aromatic nitrogens is 2. The molecule has 3 heterocycles. The first-order valence-electron chi connectivity index (χ1n) is 7.82. The molecule has 2 aliphatic heterocycles. The molecule has 2 aliphatic rings. The Balaban J connectivity index is 1.64. The molecule has 0 bridgehead atoms. The van der Waals surface area contributed by atoms with Crippen molar-refractivity contribution in [2.45, 2.75) is 37.8 Å². The summed E-state index contributed by atoms with van der Waals surface area (Å²) < 4.78 is 0. The third-order valence-corrected chi connectivity index (χ3v) is 4.84. The molecule has 0 saturated carbocycles. The van der Waals surface area contributed by atoms with E-state index in [4.69, 9.17) is 5.73 Å². The first-order chi connectivity index (χ1) is 10.3. The van der Waals surface area contributed by atoms with E-state index in [0.717, 1.165) is 22.4 Å². The van der Waals surface area contributed by atoms with Gasteiger partial charge in [-0.2, -0.15) is 0 Å². The van der Waals surface area contributed by atoms with E-state index in [0.29, 0.717) is 12.1 Å². The molecule has 2 fully saturated rings. The molecule has 4 rings (SSSR count). The summed E-state index contributed by atoms with van der Waals surface area (Å²) in [5, 5.41) is 4.68. The number of anilines is 2. The Bertz CT molecular complexity index is 656. The van der Waals surface area contributed by atoms with Crippen molar-refractivity contribution >= 4 is 22.4 Å². The normalized spacial score (nSPS) is 25.9. The molecule has 3 N–H and O–H groups in total. The molecule has 1 aromatic carbocycles. The van der Waals surface area contributed by atoms with Gasteiger partial charge in [0.05, 0.1) is 5.52 Å². The van der Waals surface area contributed by atoms with E-state index >= 15 is 0 Å². The van der Waals surface area contributed by atoms with Crippen LogP contribution in [0, 0.1) is 0 Å². The average molecular weight is 283 g/mol. The molecular weight excluding hydrogens is 262 g/mol. The van der Waals surface area contributed by atoms with Crippen molar-refractivity contribution in [2.75, 3.05) is 24.1 Å². The lowest BCUT2D eigenvalue weighted by molar-refractivity contribution is 0.192. The summed E-state index contributed by atoms with van der Waals surface area (Å²) in [4.78, 5) is 11.4. The standard InChI is InChI=1S/C16H21N5/c17-11-4-5-13-12(9-11)16(19-10-18-13)20-14-6-8-21-7-2-1-3-15(14)21/h4-5,9-10,14-15H,1-3,6-8,17H2,(H,18,19,20). The number of fused-ring (bicyclic) bond motifs is 2. The van der Waals surface area contributed by atoms with Gasteiger partial charge in [-0.25, -0.2) is 9.97 Å². The second kappa shape index (κ2) is 5.15. The molecule has 0 radical (unpaired) electrons. The molecule has 2 saturated heterocycles. The highest BCUT2D eigenvalue weighted by Crippen LogP contribution is 2.30. The fourth-order valence-corrected chi connectivity index (χ4v) is 3.78. The zero-order valence-electron chi connectivity index (χ0n) is 12.1. The van der Waals surface area contributed by atoms with Crippen molar-refractivity contribution in [3.8, 4) is 0 Å². The molecule has 2 atom stereocenters. The maximum atomic E-state index is 5.92. The Kier molecular flexibility index (Phi) is 3.15. The number of nitrogens with one attached hydrogen (secondary N) is 1. The van der Waals surface area contributed by atoms with Gasteiger partial charge in [0.15, 0.2) is 0 Å². The Morgan fingerprint density at radius 1 is 1.14 bits per heavy atom. The number of hydrogen-bond acceptors (Lipinski definition) is 5. The van der Waals surface area contributed by atoms with Gasteiger partial charge in [0.25, 0.3) is 0 Å². The van der Waals surface area contributed by atoms with Gasteiger partial charge in [-0.15, -0.1) is 0 Å². The van der Waals surface area contributed by atoms with Crippen molar-refractivity contribution < 1.29 is 0 Å². The maximum Gasteiger partial charge on any atom is 0.137 e. The predicted octanol–water partition coefficient (Wildman–Crippen LogP) is 2.25. The third-order valence-electron chi connectivity index (χ3n) is 4.84. The molecule has 0 spiro atoms. The number of nitrogens with two attached hydrogens (primary N) is 1. The minimum absolute atomic E-state index is 0.491. The minimum Gasteiger partial charge on any atom is -0.399 e. The van der Waals surface area contributed by atoms with E-state index < -0.39 is 0 Å². The lowest BCUT2D eigenvalue weighted by atomic mass is 9.99. The molecule has 2 aromatic rings. The fourth-order valence-electron chi connectivity index (χ4n) is 3.78. The Morgan fingerprint density at radius 2 is 2.10 bits per heavy atom. The first-order valence-corrected chi connectivity index (χ1v) is 7.82. The highest BCUT2D eigenvalue weighted by atomic mass is 15.2. The van der Waals surface area contributed by atoms with Gasteiger partial charge in [-0.05, 0) is 44.0 Å². The Morgan fingerprint density at radius 3 is 3.05 bits per heavy atom. The SMILES string of the molecule is Nc1ccc2ncnc(NC3CCN4CCCCC34)c2c1. The summed E-state index contributed by atoms with van der Waals surface area (Å²) in [6.45, 7) is 2.45. The molecule has 5 nitrogen and oxygen atoms in total. The number of piperidine rings is 1. The average Bonchev–Trinajstić information content (AvgIpc) is 2.91. The molecule has 110 valence electrons. The van der Waals surface area contributed by atoms with E-state index in [1.54, 1.807) is 6.33 Å². The van der Waals surface area contributed by atoms with Crippen LogP contribution < -0.4 is 11.1 Å². The van der Waals surface area contributed by atoms with Crippen LogP contribution in [0.25, 0.3) is 10.9 Å². The van der Waals surface area contributed by atoms with Gasteiger partial charge in [-0.3, -0.25) is 4.90 Å². The lowest BCUT2D eigenvalue weighted by Crippen LogP contribution is -2.41. The molecular formula is C16H21N5. The molecule has 2 unspecified atom stereocenters. The molecule has 5 heteroatoms.